The maximum Gasteiger partial charge on any atom is 0.274 e. The van der Waals surface area contributed by atoms with Crippen molar-refractivity contribution in [2.75, 3.05) is 5.32 Å². The highest BCUT2D eigenvalue weighted by Crippen LogP contribution is 2.17. The number of unbranched alkanes of at least 4 members (excludes halogenated alkanes) is 1. The van der Waals surface area contributed by atoms with Crippen LogP contribution in [0.15, 0.2) is 28.6 Å². The minimum atomic E-state index is -0.422. The van der Waals surface area contributed by atoms with E-state index in [1.54, 1.807) is 26.9 Å². The van der Waals surface area contributed by atoms with Crippen molar-refractivity contribution in [3.8, 4) is 0 Å². The number of thiazole rings is 1. The maximum atomic E-state index is 12.6. The molecular formula is C15H17N5O2S. The van der Waals surface area contributed by atoms with Gasteiger partial charge in [0.1, 0.15) is 11.5 Å². The first-order valence-corrected chi connectivity index (χ1v) is 8.28. The molecule has 0 aliphatic rings. The lowest BCUT2D eigenvalue weighted by molar-refractivity contribution is 0.101. The van der Waals surface area contributed by atoms with E-state index < -0.39 is 5.56 Å². The molecule has 3 aromatic rings. The van der Waals surface area contributed by atoms with E-state index in [2.05, 4.69) is 22.3 Å². The van der Waals surface area contributed by atoms with Gasteiger partial charge in [-0.15, -0.1) is 11.3 Å². The van der Waals surface area contributed by atoms with E-state index in [0.717, 1.165) is 24.9 Å². The van der Waals surface area contributed by atoms with Crippen molar-refractivity contribution < 1.29 is 4.79 Å². The Balaban J connectivity index is 1.94. The highest BCUT2D eigenvalue weighted by atomic mass is 32.1. The second-order valence-corrected chi connectivity index (χ2v) is 6.12. The van der Waals surface area contributed by atoms with E-state index in [-0.39, 0.29) is 11.6 Å². The summed E-state index contributed by atoms with van der Waals surface area (Å²) in [6, 6.07) is 1.25. The average molecular weight is 331 g/mol. The number of hydrogen-bond donors (Lipinski definition) is 1. The Morgan fingerprint density at radius 3 is 3.04 bits per heavy atom. The Bertz CT molecular complexity index is 908. The van der Waals surface area contributed by atoms with Gasteiger partial charge >= 0.3 is 0 Å². The molecule has 23 heavy (non-hydrogen) atoms. The van der Waals surface area contributed by atoms with Gasteiger partial charge in [-0.1, -0.05) is 13.3 Å². The SMILES string of the molecule is CCCCn1ncc(C)c1NC(=O)c1cc(=O)nc2sccn12. The van der Waals surface area contributed by atoms with Gasteiger partial charge in [0.15, 0.2) is 4.96 Å². The van der Waals surface area contributed by atoms with Crippen LogP contribution in [-0.2, 0) is 6.54 Å². The molecule has 3 aromatic heterocycles. The summed E-state index contributed by atoms with van der Waals surface area (Å²) < 4.78 is 3.40. The number of hydrogen-bond acceptors (Lipinski definition) is 5. The molecule has 1 N–H and O–H groups in total. The molecule has 0 radical (unpaired) electrons. The first-order chi connectivity index (χ1) is 11.1. The Morgan fingerprint density at radius 2 is 2.26 bits per heavy atom. The second-order valence-electron chi connectivity index (χ2n) is 5.24. The summed E-state index contributed by atoms with van der Waals surface area (Å²) in [5.74, 6) is 0.316. The predicted molar refractivity (Wildman–Crippen MR) is 89.2 cm³/mol. The summed E-state index contributed by atoms with van der Waals surface area (Å²) in [4.78, 5) is 28.7. The van der Waals surface area contributed by atoms with Crippen LogP contribution in [0.1, 0.15) is 35.8 Å². The number of anilines is 1. The third kappa shape index (κ3) is 3.02. The molecular weight excluding hydrogens is 314 g/mol. The summed E-state index contributed by atoms with van der Waals surface area (Å²) in [6.45, 7) is 4.74. The molecule has 0 fully saturated rings. The molecule has 1 amide bonds. The van der Waals surface area contributed by atoms with Crippen LogP contribution in [0.2, 0.25) is 0 Å². The van der Waals surface area contributed by atoms with E-state index in [4.69, 9.17) is 0 Å². The minimum Gasteiger partial charge on any atom is -0.305 e. The third-order valence-corrected chi connectivity index (χ3v) is 4.28. The molecule has 0 aliphatic carbocycles. The van der Waals surface area contributed by atoms with Gasteiger partial charge < -0.3 is 5.32 Å². The van der Waals surface area contributed by atoms with Crippen molar-refractivity contribution in [3.05, 3.63) is 45.5 Å². The van der Waals surface area contributed by atoms with Gasteiger partial charge in [0.25, 0.3) is 11.5 Å². The van der Waals surface area contributed by atoms with Gasteiger partial charge in [0, 0.05) is 29.8 Å². The minimum absolute atomic E-state index is 0.267. The Hall–Kier alpha value is -2.48. The number of rotatable bonds is 5. The summed E-state index contributed by atoms with van der Waals surface area (Å²) in [6.07, 6.45) is 5.47. The van der Waals surface area contributed by atoms with Crippen LogP contribution < -0.4 is 10.9 Å². The molecule has 0 bridgehead atoms. The van der Waals surface area contributed by atoms with E-state index >= 15 is 0 Å². The Labute approximate surface area is 136 Å². The van der Waals surface area contributed by atoms with E-state index in [9.17, 15) is 9.59 Å². The van der Waals surface area contributed by atoms with Crippen molar-refractivity contribution in [2.45, 2.75) is 33.2 Å². The molecule has 0 atom stereocenters. The number of aryl methyl sites for hydroxylation is 2. The molecule has 3 heterocycles. The maximum absolute atomic E-state index is 12.6. The standard InChI is InChI=1S/C15H17N5O2S/c1-3-4-5-20-13(10(2)9-16-20)18-14(22)11-8-12(21)17-15-19(11)6-7-23-15/h6-9H,3-5H2,1-2H3,(H,18,22). The summed E-state index contributed by atoms with van der Waals surface area (Å²) in [5.41, 5.74) is 0.732. The molecule has 0 unspecified atom stereocenters. The normalized spacial score (nSPS) is 11.0. The van der Waals surface area contributed by atoms with Gasteiger partial charge in [-0.3, -0.25) is 14.0 Å². The van der Waals surface area contributed by atoms with Crippen LogP contribution in [0.4, 0.5) is 5.82 Å². The van der Waals surface area contributed by atoms with Crippen molar-refractivity contribution in [2.24, 2.45) is 0 Å². The molecule has 0 aliphatic heterocycles. The molecule has 8 heteroatoms. The van der Waals surface area contributed by atoms with Crippen molar-refractivity contribution in [1.82, 2.24) is 19.2 Å². The van der Waals surface area contributed by atoms with Gasteiger partial charge in [0.05, 0.1) is 6.20 Å². The Kier molecular flexibility index (Phi) is 4.24. The van der Waals surface area contributed by atoms with Crippen LogP contribution in [-0.4, -0.2) is 25.1 Å². The molecule has 0 saturated carbocycles. The van der Waals surface area contributed by atoms with Gasteiger partial charge in [-0.25, -0.2) is 4.68 Å². The summed E-state index contributed by atoms with van der Waals surface area (Å²) in [5, 5.41) is 8.95. The largest absolute Gasteiger partial charge is 0.305 e. The topological polar surface area (TPSA) is 81.3 Å². The zero-order valence-corrected chi connectivity index (χ0v) is 13.8. The van der Waals surface area contributed by atoms with E-state index in [1.165, 1.54) is 17.4 Å². The first-order valence-electron chi connectivity index (χ1n) is 7.41. The fraction of sp³-hybridized carbons (Fsp3) is 0.333. The van der Waals surface area contributed by atoms with Crippen LogP contribution >= 0.6 is 11.3 Å². The van der Waals surface area contributed by atoms with Crippen LogP contribution in [0, 0.1) is 6.92 Å². The lowest BCUT2D eigenvalue weighted by atomic mass is 10.3. The zero-order valence-electron chi connectivity index (χ0n) is 12.9. The number of carbonyl (C=O) groups excluding carboxylic acids is 1. The fourth-order valence-corrected chi connectivity index (χ4v) is 3.03. The molecule has 7 nitrogen and oxygen atoms in total. The predicted octanol–water partition coefficient (Wildman–Crippen LogP) is 2.31. The van der Waals surface area contributed by atoms with Crippen molar-refractivity contribution >= 4 is 28.0 Å². The second kappa shape index (κ2) is 6.33. The van der Waals surface area contributed by atoms with Crippen LogP contribution in [0.25, 0.3) is 4.96 Å². The molecule has 120 valence electrons. The van der Waals surface area contributed by atoms with Crippen LogP contribution in [0.3, 0.4) is 0 Å². The molecule has 0 saturated heterocycles. The van der Waals surface area contributed by atoms with Gasteiger partial charge in [0.2, 0.25) is 0 Å². The number of amides is 1. The number of carbonyl (C=O) groups is 1. The average Bonchev–Trinajstić information content (AvgIpc) is 3.12. The molecule has 3 rings (SSSR count). The first kappa shape index (κ1) is 15.4. The smallest absolute Gasteiger partial charge is 0.274 e. The van der Waals surface area contributed by atoms with Crippen molar-refractivity contribution in [3.63, 3.8) is 0 Å². The highest BCUT2D eigenvalue weighted by molar-refractivity contribution is 7.15. The molecule has 0 spiro atoms. The molecule has 0 aromatic carbocycles. The lowest BCUT2D eigenvalue weighted by Gasteiger charge is -2.10. The van der Waals surface area contributed by atoms with E-state index in [0.29, 0.717) is 10.8 Å². The lowest BCUT2D eigenvalue weighted by Crippen LogP contribution is -2.22. The highest BCUT2D eigenvalue weighted by Gasteiger charge is 2.16. The van der Waals surface area contributed by atoms with Crippen molar-refractivity contribution in [1.29, 1.82) is 0 Å². The monoisotopic (exact) mass is 331 g/mol. The zero-order chi connectivity index (χ0) is 16.4. The number of aromatic nitrogens is 4. The summed E-state index contributed by atoms with van der Waals surface area (Å²) >= 11 is 1.31. The number of fused-ring (bicyclic) bond motifs is 1. The fourth-order valence-electron chi connectivity index (χ4n) is 2.32. The third-order valence-electron chi connectivity index (χ3n) is 3.53. The van der Waals surface area contributed by atoms with Crippen LogP contribution in [0.5, 0.6) is 0 Å². The van der Waals surface area contributed by atoms with Gasteiger partial charge in [-0.05, 0) is 13.3 Å². The number of nitrogens with zero attached hydrogens (tertiary/aromatic N) is 4. The quantitative estimate of drug-likeness (QED) is 0.778. The summed E-state index contributed by atoms with van der Waals surface area (Å²) in [7, 11) is 0. The Morgan fingerprint density at radius 1 is 1.43 bits per heavy atom. The van der Waals surface area contributed by atoms with Gasteiger partial charge in [-0.2, -0.15) is 10.1 Å². The number of nitrogens with one attached hydrogen (secondary N) is 1. The van der Waals surface area contributed by atoms with E-state index in [1.807, 2.05) is 6.92 Å².